The van der Waals surface area contributed by atoms with E-state index in [-0.39, 0.29) is 6.04 Å². The van der Waals surface area contributed by atoms with Crippen LogP contribution in [-0.2, 0) is 4.74 Å². The molecule has 1 N–H and O–H groups in total. The molecular weight excluding hydrogens is 290 g/mol. The van der Waals surface area contributed by atoms with E-state index in [1.807, 2.05) is 6.26 Å². The molecule has 1 atom stereocenters. The van der Waals surface area contributed by atoms with Gasteiger partial charge in [-0.2, -0.15) is 0 Å². The summed E-state index contributed by atoms with van der Waals surface area (Å²) in [6.07, 6.45) is 5.30. The molecule has 1 aromatic carbocycles. The number of ether oxygens (including phenoxy) is 1. The van der Waals surface area contributed by atoms with E-state index in [4.69, 9.17) is 4.74 Å². The van der Waals surface area contributed by atoms with Gasteiger partial charge in [0, 0.05) is 4.47 Å². The van der Waals surface area contributed by atoms with Gasteiger partial charge in [0.15, 0.2) is 0 Å². The first-order valence-corrected chi connectivity index (χ1v) is 7.40. The van der Waals surface area contributed by atoms with Gasteiger partial charge < -0.3 is 10.1 Å². The largest absolute Gasteiger partial charge is 0.501 e. The van der Waals surface area contributed by atoms with Crippen molar-refractivity contribution in [2.75, 3.05) is 13.2 Å². The van der Waals surface area contributed by atoms with Crippen LogP contribution >= 0.6 is 15.9 Å². The van der Waals surface area contributed by atoms with Crippen molar-refractivity contribution >= 4 is 15.9 Å². The maximum Gasteiger partial charge on any atom is 0.0876 e. The molecule has 0 aromatic heterocycles. The molecule has 1 aromatic rings. The molecule has 0 saturated carbocycles. The molecule has 0 amide bonds. The lowest BCUT2D eigenvalue weighted by Crippen LogP contribution is -2.25. The van der Waals surface area contributed by atoms with Crippen LogP contribution in [0.4, 0.5) is 0 Å². The molecule has 98 valence electrons. The van der Waals surface area contributed by atoms with Crippen LogP contribution in [0.25, 0.3) is 0 Å². The normalized spacial score (nSPS) is 16.9. The monoisotopic (exact) mass is 309 g/mol. The zero-order valence-electron chi connectivity index (χ0n) is 10.8. The third-order valence-electron chi connectivity index (χ3n) is 3.15. The van der Waals surface area contributed by atoms with Crippen molar-refractivity contribution in [3.8, 4) is 0 Å². The van der Waals surface area contributed by atoms with Crippen molar-refractivity contribution < 1.29 is 4.74 Å². The van der Waals surface area contributed by atoms with Crippen LogP contribution in [0.1, 0.15) is 37.8 Å². The van der Waals surface area contributed by atoms with Crippen molar-refractivity contribution in [2.24, 2.45) is 0 Å². The van der Waals surface area contributed by atoms with Crippen molar-refractivity contribution in [3.05, 3.63) is 46.1 Å². The molecule has 1 aliphatic rings. The summed E-state index contributed by atoms with van der Waals surface area (Å²) in [6, 6.07) is 8.68. The quantitative estimate of drug-likeness (QED) is 0.881. The van der Waals surface area contributed by atoms with Gasteiger partial charge in [-0.15, -0.1) is 0 Å². The van der Waals surface area contributed by atoms with Crippen LogP contribution in [0.2, 0.25) is 0 Å². The number of rotatable bonds is 5. The summed E-state index contributed by atoms with van der Waals surface area (Å²) < 4.78 is 6.64. The zero-order valence-corrected chi connectivity index (χ0v) is 12.4. The standard InChI is InChI=1S/C15H20BrNO/c1-2-9-17-15(12-6-5-10-18-11-12)13-7-3-4-8-14(13)16/h3-4,7-8,11,15,17H,2,5-6,9-10H2,1H3. The second kappa shape index (κ2) is 6.95. The molecule has 2 rings (SSSR count). The highest BCUT2D eigenvalue weighted by molar-refractivity contribution is 9.10. The van der Waals surface area contributed by atoms with E-state index in [2.05, 4.69) is 52.4 Å². The number of hydrogen-bond acceptors (Lipinski definition) is 2. The fourth-order valence-corrected chi connectivity index (χ4v) is 2.75. The van der Waals surface area contributed by atoms with Crippen molar-refractivity contribution in [2.45, 2.75) is 32.2 Å². The molecule has 1 aliphatic heterocycles. The summed E-state index contributed by atoms with van der Waals surface area (Å²) in [5.74, 6) is 0. The average Bonchev–Trinajstić information content (AvgIpc) is 2.42. The summed E-state index contributed by atoms with van der Waals surface area (Å²) >= 11 is 3.65. The van der Waals surface area contributed by atoms with Gasteiger partial charge in [0.1, 0.15) is 0 Å². The van der Waals surface area contributed by atoms with Gasteiger partial charge >= 0.3 is 0 Å². The highest BCUT2D eigenvalue weighted by Crippen LogP contribution is 2.32. The Morgan fingerprint density at radius 1 is 1.39 bits per heavy atom. The Balaban J connectivity index is 2.24. The molecule has 0 radical (unpaired) electrons. The number of hydrogen-bond donors (Lipinski definition) is 1. The first-order valence-electron chi connectivity index (χ1n) is 6.61. The second-order valence-electron chi connectivity index (χ2n) is 4.58. The molecule has 1 heterocycles. The van der Waals surface area contributed by atoms with Crippen LogP contribution < -0.4 is 5.32 Å². The maximum atomic E-state index is 5.49. The highest BCUT2D eigenvalue weighted by Gasteiger charge is 2.20. The summed E-state index contributed by atoms with van der Waals surface area (Å²) in [5, 5.41) is 3.62. The first kappa shape index (κ1) is 13.6. The first-order chi connectivity index (χ1) is 8.83. The van der Waals surface area contributed by atoms with Gasteiger partial charge in [0.2, 0.25) is 0 Å². The molecule has 0 bridgehead atoms. The number of nitrogens with one attached hydrogen (secondary N) is 1. The van der Waals surface area contributed by atoms with Gasteiger partial charge in [-0.3, -0.25) is 0 Å². The van der Waals surface area contributed by atoms with E-state index >= 15 is 0 Å². The number of halogens is 1. The topological polar surface area (TPSA) is 21.3 Å². The summed E-state index contributed by atoms with van der Waals surface area (Å²) in [6.45, 7) is 4.05. The Morgan fingerprint density at radius 3 is 2.89 bits per heavy atom. The van der Waals surface area contributed by atoms with E-state index in [0.29, 0.717) is 0 Å². The SMILES string of the molecule is CCCNC(C1=COCCC1)c1ccccc1Br. The van der Waals surface area contributed by atoms with Crippen molar-refractivity contribution in [1.29, 1.82) is 0 Å². The Labute approximate surface area is 118 Å². The van der Waals surface area contributed by atoms with Gasteiger partial charge in [0.05, 0.1) is 18.9 Å². The predicted octanol–water partition coefficient (Wildman–Crippen LogP) is 4.18. The molecule has 0 fully saturated rings. The Kier molecular flexibility index (Phi) is 5.26. The smallest absolute Gasteiger partial charge is 0.0876 e. The van der Waals surface area contributed by atoms with Crippen LogP contribution in [0, 0.1) is 0 Å². The van der Waals surface area contributed by atoms with Gasteiger partial charge in [-0.25, -0.2) is 0 Å². The maximum absolute atomic E-state index is 5.49. The minimum Gasteiger partial charge on any atom is -0.501 e. The third-order valence-corrected chi connectivity index (χ3v) is 3.87. The summed E-state index contributed by atoms with van der Waals surface area (Å²) in [4.78, 5) is 0. The molecule has 0 spiro atoms. The summed E-state index contributed by atoms with van der Waals surface area (Å²) in [7, 11) is 0. The van der Waals surface area contributed by atoms with Crippen molar-refractivity contribution in [3.63, 3.8) is 0 Å². The third kappa shape index (κ3) is 3.36. The highest BCUT2D eigenvalue weighted by atomic mass is 79.9. The van der Waals surface area contributed by atoms with Crippen molar-refractivity contribution in [1.82, 2.24) is 5.32 Å². The van der Waals surface area contributed by atoms with E-state index in [1.165, 1.54) is 11.1 Å². The van der Waals surface area contributed by atoms with E-state index in [1.54, 1.807) is 0 Å². The lowest BCUT2D eigenvalue weighted by atomic mass is 9.95. The van der Waals surface area contributed by atoms with Crippen LogP contribution in [0.5, 0.6) is 0 Å². The fourth-order valence-electron chi connectivity index (χ4n) is 2.24. The molecule has 3 heteroatoms. The van der Waals surface area contributed by atoms with Crippen LogP contribution in [0.3, 0.4) is 0 Å². The molecule has 0 aliphatic carbocycles. The molecule has 0 saturated heterocycles. The Bertz CT molecular complexity index is 417. The molecule has 2 nitrogen and oxygen atoms in total. The fraction of sp³-hybridized carbons (Fsp3) is 0.467. The van der Waals surface area contributed by atoms with Crippen LogP contribution in [-0.4, -0.2) is 13.2 Å². The van der Waals surface area contributed by atoms with Gasteiger partial charge in [-0.05, 0) is 43.0 Å². The second-order valence-corrected chi connectivity index (χ2v) is 5.43. The molecule has 18 heavy (non-hydrogen) atoms. The minimum atomic E-state index is 0.265. The Morgan fingerprint density at radius 2 is 2.22 bits per heavy atom. The molecular formula is C15H20BrNO. The number of benzene rings is 1. The predicted molar refractivity (Wildman–Crippen MR) is 78.4 cm³/mol. The average molecular weight is 310 g/mol. The lowest BCUT2D eigenvalue weighted by molar-refractivity contribution is 0.219. The van der Waals surface area contributed by atoms with Crippen LogP contribution in [0.15, 0.2) is 40.6 Å². The Hall–Kier alpha value is -0.800. The van der Waals surface area contributed by atoms with E-state index in [0.717, 1.165) is 36.9 Å². The van der Waals surface area contributed by atoms with Gasteiger partial charge in [0.25, 0.3) is 0 Å². The summed E-state index contributed by atoms with van der Waals surface area (Å²) in [5.41, 5.74) is 2.64. The van der Waals surface area contributed by atoms with Gasteiger partial charge in [-0.1, -0.05) is 41.1 Å². The van der Waals surface area contributed by atoms with E-state index < -0.39 is 0 Å². The van der Waals surface area contributed by atoms with E-state index in [9.17, 15) is 0 Å². The zero-order chi connectivity index (χ0) is 12.8. The minimum absolute atomic E-state index is 0.265. The molecule has 1 unspecified atom stereocenters. The lowest BCUT2D eigenvalue weighted by Gasteiger charge is -2.25.